The molecule has 0 saturated carbocycles. The minimum absolute atomic E-state index is 0.309. The van der Waals surface area contributed by atoms with Gasteiger partial charge in [0.05, 0.1) is 6.21 Å². The molecule has 0 fully saturated rings. The van der Waals surface area contributed by atoms with Crippen molar-refractivity contribution in [1.29, 1.82) is 0 Å². The lowest BCUT2D eigenvalue weighted by molar-refractivity contribution is 0.0955. The molecule has 0 aromatic heterocycles. The van der Waals surface area contributed by atoms with Gasteiger partial charge in [-0.3, -0.25) is 4.79 Å². The van der Waals surface area contributed by atoms with E-state index in [1.807, 2.05) is 48.5 Å². The molecule has 0 aliphatic carbocycles. The summed E-state index contributed by atoms with van der Waals surface area (Å²) >= 11 is 11.8. The molecule has 3 rings (SSSR count). The Morgan fingerprint density at radius 3 is 2.52 bits per heavy atom. The van der Waals surface area contributed by atoms with Gasteiger partial charge in [-0.1, -0.05) is 47.5 Å². The summed E-state index contributed by atoms with van der Waals surface area (Å²) in [6.07, 6.45) is 1.56. The van der Waals surface area contributed by atoms with Gasteiger partial charge >= 0.3 is 0 Å². The second kappa shape index (κ2) is 9.21. The van der Waals surface area contributed by atoms with Crippen molar-refractivity contribution in [2.75, 3.05) is 0 Å². The third-order valence-electron chi connectivity index (χ3n) is 3.64. The van der Waals surface area contributed by atoms with E-state index in [9.17, 15) is 4.79 Å². The van der Waals surface area contributed by atoms with Crippen LogP contribution in [-0.4, -0.2) is 12.1 Å². The predicted molar refractivity (Wildman–Crippen MR) is 109 cm³/mol. The second-order valence-electron chi connectivity index (χ2n) is 5.70. The normalized spacial score (nSPS) is 10.7. The number of benzene rings is 3. The third kappa shape index (κ3) is 5.84. The van der Waals surface area contributed by atoms with Gasteiger partial charge in [-0.25, -0.2) is 5.43 Å². The zero-order chi connectivity index (χ0) is 19.1. The number of rotatable bonds is 6. The van der Waals surface area contributed by atoms with Crippen LogP contribution in [0.2, 0.25) is 10.0 Å². The molecule has 1 N–H and O–H groups in total. The van der Waals surface area contributed by atoms with Gasteiger partial charge in [-0.2, -0.15) is 5.10 Å². The molecular formula is C21H16Cl2N2O2. The van der Waals surface area contributed by atoms with Crippen LogP contribution in [0.15, 0.2) is 77.9 Å². The Morgan fingerprint density at radius 2 is 1.74 bits per heavy atom. The number of nitrogens with one attached hydrogen (secondary N) is 1. The van der Waals surface area contributed by atoms with E-state index in [1.165, 1.54) is 0 Å². The number of halogens is 2. The zero-order valence-corrected chi connectivity index (χ0v) is 15.7. The van der Waals surface area contributed by atoms with Crippen molar-refractivity contribution in [2.24, 2.45) is 5.10 Å². The van der Waals surface area contributed by atoms with E-state index < -0.39 is 0 Å². The van der Waals surface area contributed by atoms with Crippen molar-refractivity contribution in [1.82, 2.24) is 5.43 Å². The Morgan fingerprint density at radius 1 is 0.963 bits per heavy atom. The number of ether oxygens (including phenoxy) is 1. The molecule has 0 atom stereocenters. The molecule has 3 aromatic rings. The third-order valence-corrected chi connectivity index (χ3v) is 4.13. The van der Waals surface area contributed by atoms with Crippen LogP contribution < -0.4 is 10.2 Å². The summed E-state index contributed by atoms with van der Waals surface area (Å²) < 4.78 is 5.78. The first kappa shape index (κ1) is 19.0. The number of carbonyl (C=O) groups is 1. The number of nitrogens with zero attached hydrogens (tertiary/aromatic N) is 1. The maximum atomic E-state index is 12.0. The Bertz CT molecular complexity index is 956. The topological polar surface area (TPSA) is 50.7 Å². The molecule has 0 radical (unpaired) electrons. The Kier molecular flexibility index (Phi) is 6.47. The molecular weight excluding hydrogens is 383 g/mol. The van der Waals surface area contributed by atoms with Gasteiger partial charge in [0.2, 0.25) is 0 Å². The number of amides is 1. The number of hydrogen-bond acceptors (Lipinski definition) is 3. The first-order chi connectivity index (χ1) is 13.1. The van der Waals surface area contributed by atoms with Crippen molar-refractivity contribution in [2.45, 2.75) is 6.61 Å². The van der Waals surface area contributed by atoms with Crippen LogP contribution in [0, 0.1) is 0 Å². The Labute approximate surface area is 167 Å². The lowest BCUT2D eigenvalue weighted by Crippen LogP contribution is -2.17. The van der Waals surface area contributed by atoms with Crippen molar-refractivity contribution in [3.63, 3.8) is 0 Å². The van der Waals surface area contributed by atoms with Crippen LogP contribution >= 0.6 is 23.2 Å². The summed E-state index contributed by atoms with van der Waals surface area (Å²) in [6.45, 7) is 0.411. The van der Waals surface area contributed by atoms with E-state index in [1.54, 1.807) is 30.5 Å². The number of carbonyl (C=O) groups excluding carboxylic acids is 1. The van der Waals surface area contributed by atoms with Gasteiger partial charge in [0, 0.05) is 15.6 Å². The largest absolute Gasteiger partial charge is 0.489 e. The summed E-state index contributed by atoms with van der Waals surface area (Å²) in [5.41, 5.74) is 4.75. The second-order valence-corrected chi connectivity index (χ2v) is 6.57. The highest BCUT2D eigenvalue weighted by Crippen LogP contribution is 2.16. The molecule has 3 aromatic carbocycles. The van der Waals surface area contributed by atoms with E-state index in [0.717, 1.165) is 11.1 Å². The van der Waals surface area contributed by atoms with Crippen molar-refractivity contribution < 1.29 is 9.53 Å². The fourth-order valence-corrected chi connectivity index (χ4v) is 2.65. The Hall–Kier alpha value is -2.82. The van der Waals surface area contributed by atoms with Crippen LogP contribution in [0.4, 0.5) is 0 Å². The minimum Gasteiger partial charge on any atom is -0.489 e. The SMILES string of the molecule is O=C(N/N=C/c1cccc(OCc2cccc(Cl)c2)c1)c1ccc(Cl)cc1. The highest BCUT2D eigenvalue weighted by Gasteiger charge is 2.03. The molecule has 1 amide bonds. The van der Waals surface area contributed by atoms with Crippen LogP contribution in [0.1, 0.15) is 21.5 Å². The van der Waals surface area contributed by atoms with Gasteiger partial charge in [-0.05, 0) is 59.7 Å². The molecule has 0 saturated heterocycles. The van der Waals surface area contributed by atoms with Gasteiger partial charge in [-0.15, -0.1) is 0 Å². The van der Waals surface area contributed by atoms with E-state index in [4.69, 9.17) is 27.9 Å². The summed E-state index contributed by atoms with van der Waals surface area (Å²) in [5.74, 6) is 0.388. The molecule has 27 heavy (non-hydrogen) atoms. The van der Waals surface area contributed by atoms with Gasteiger partial charge in [0.1, 0.15) is 12.4 Å². The summed E-state index contributed by atoms with van der Waals surface area (Å²) in [4.78, 5) is 12.0. The van der Waals surface area contributed by atoms with Crippen LogP contribution in [0.25, 0.3) is 0 Å². The monoisotopic (exact) mass is 398 g/mol. The molecule has 4 nitrogen and oxygen atoms in total. The van der Waals surface area contributed by atoms with E-state index in [0.29, 0.717) is 28.0 Å². The standard InChI is InChI=1S/C21H16Cl2N2O2/c22-18-9-7-17(8-10-18)21(26)25-24-13-15-3-2-6-20(12-15)27-14-16-4-1-5-19(23)11-16/h1-13H,14H2,(H,25,26)/b24-13+. The first-order valence-corrected chi connectivity index (χ1v) is 8.92. The molecule has 0 aliphatic heterocycles. The van der Waals surface area contributed by atoms with Crippen LogP contribution in [-0.2, 0) is 6.61 Å². The Balaban J connectivity index is 1.57. The summed E-state index contributed by atoms with van der Waals surface area (Å²) in [7, 11) is 0. The van der Waals surface area contributed by atoms with Gasteiger partial charge in [0.15, 0.2) is 0 Å². The average molecular weight is 399 g/mol. The first-order valence-electron chi connectivity index (χ1n) is 8.16. The lowest BCUT2D eigenvalue weighted by atomic mass is 10.2. The maximum absolute atomic E-state index is 12.0. The van der Waals surface area contributed by atoms with E-state index in [-0.39, 0.29) is 5.91 Å². The summed E-state index contributed by atoms with van der Waals surface area (Å²) in [5, 5.41) is 5.23. The van der Waals surface area contributed by atoms with Gasteiger partial charge < -0.3 is 4.74 Å². The molecule has 0 unspecified atom stereocenters. The number of hydrogen-bond donors (Lipinski definition) is 1. The fraction of sp³-hybridized carbons (Fsp3) is 0.0476. The van der Waals surface area contributed by atoms with Crippen LogP contribution in [0.5, 0.6) is 5.75 Å². The van der Waals surface area contributed by atoms with Crippen molar-refractivity contribution in [3.05, 3.63) is 99.5 Å². The maximum Gasteiger partial charge on any atom is 0.271 e. The molecule has 0 aliphatic rings. The minimum atomic E-state index is -0.309. The zero-order valence-electron chi connectivity index (χ0n) is 14.2. The lowest BCUT2D eigenvalue weighted by Gasteiger charge is -2.07. The molecule has 136 valence electrons. The quantitative estimate of drug-likeness (QED) is 0.450. The average Bonchev–Trinajstić information content (AvgIpc) is 2.67. The molecule has 0 bridgehead atoms. The smallest absolute Gasteiger partial charge is 0.271 e. The highest BCUT2D eigenvalue weighted by atomic mass is 35.5. The predicted octanol–water partition coefficient (Wildman–Crippen LogP) is 5.34. The summed E-state index contributed by atoms with van der Waals surface area (Å²) in [6, 6.07) is 21.5. The molecule has 0 heterocycles. The molecule has 6 heteroatoms. The van der Waals surface area contributed by atoms with E-state index in [2.05, 4.69) is 10.5 Å². The van der Waals surface area contributed by atoms with E-state index >= 15 is 0 Å². The number of hydrazone groups is 1. The van der Waals surface area contributed by atoms with Crippen molar-refractivity contribution >= 4 is 35.3 Å². The molecule has 0 spiro atoms. The van der Waals surface area contributed by atoms with Gasteiger partial charge in [0.25, 0.3) is 5.91 Å². The van der Waals surface area contributed by atoms with Crippen molar-refractivity contribution in [3.8, 4) is 5.75 Å². The fourth-order valence-electron chi connectivity index (χ4n) is 2.31. The van der Waals surface area contributed by atoms with Crippen LogP contribution in [0.3, 0.4) is 0 Å². The highest BCUT2D eigenvalue weighted by molar-refractivity contribution is 6.30.